The number of allylic oxidation sites excluding steroid dienone is 1. The highest BCUT2D eigenvalue weighted by Crippen LogP contribution is 2.70. The summed E-state index contributed by atoms with van der Waals surface area (Å²) >= 11 is 0. The molecule has 3 aliphatic heterocycles. The van der Waals surface area contributed by atoms with Crippen LogP contribution in [-0.4, -0.2) is 73.9 Å². The van der Waals surface area contributed by atoms with Gasteiger partial charge in [0.05, 0.1) is 25.7 Å². The first-order valence-corrected chi connectivity index (χ1v) is 18.8. The van der Waals surface area contributed by atoms with Crippen LogP contribution >= 0.6 is 0 Å². The smallest absolute Gasteiger partial charge is 0.227 e. The maximum atomic E-state index is 12.9. The Balaban J connectivity index is 0.919. The van der Waals surface area contributed by atoms with Crippen molar-refractivity contribution in [3.63, 3.8) is 0 Å². The van der Waals surface area contributed by atoms with E-state index in [0.717, 1.165) is 95.2 Å². The van der Waals surface area contributed by atoms with Crippen molar-refractivity contribution in [3.05, 3.63) is 11.6 Å². The second-order valence-corrected chi connectivity index (χ2v) is 17.1. The molecule has 2 N–H and O–H groups in total. The fraction of sp³-hybridized carbons (Fsp3) is 0.895. The lowest BCUT2D eigenvalue weighted by molar-refractivity contribution is -0.128. The van der Waals surface area contributed by atoms with Gasteiger partial charge in [-0.2, -0.15) is 0 Å². The molecule has 7 heteroatoms. The highest BCUT2D eigenvalue weighted by atomic mass is 16.5. The van der Waals surface area contributed by atoms with Crippen LogP contribution in [0.1, 0.15) is 111 Å². The van der Waals surface area contributed by atoms with E-state index in [1.807, 2.05) is 0 Å². The monoisotopic (exact) mass is 623 g/mol. The SMILES string of the molecule is C[C@@H]1CC[C@@]2(NC1)O[C@H]1C[C@H]3[C@@H]4CC=C5C[C@H](NC(=O)CC(=O)CCCCN6CCOCC6)CC[C@]5(C)[C@H]4CC[C@]3(C)[C@H]1[C@@H]2C. The second kappa shape index (κ2) is 12.6. The van der Waals surface area contributed by atoms with Gasteiger partial charge in [-0.1, -0.05) is 39.3 Å². The Morgan fingerprint density at radius 3 is 2.64 bits per heavy atom. The van der Waals surface area contributed by atoms with E-state index in [9.17, 15) is 9.59 Å². The van der Waals surface area contributed by atoms with Gasteiger partial charge in [-0.05, 0) is 118 Å². The van der Waals surface area contributed by atoms with E-state index in [1.54, 1.807) is 5.57 Å². The van der Waals surface area contributed by atoms with Crippen molar-refractivity contribution in [1.29, 1.82) is 0 Å². The molecule has 3 saturated heterocycles. The van der Waals surface area contributed by atoms with Gasteiger partial charge < -0.3 is 14.8 Å². The summed E-state index contributed by atoms with van der Waals surface area (Å²) in [6, 6.07) is 0.165. The van der Waals surface area contributed by atoms with Crippen LogP contribution in [0.25, 0.3) is 0 Å². The van der Waals surface area contributed by atoms with Crippen molar-refractivity contribution in [2.24, 2.45) is 46.3 Å². The molecule has 7 aliphatic rings. The lowest BCUT2D eigenvalue weighted by Crippen LogP contribution is -2.57. The molecule has 0 aromatic heterocycles. The number of hydrogen-bond acceptors (Lipinski definition) is 6. The number of carbonyl (C=O) groups is 2. The molecular weight excluding hydrogens is 562 g/mol. The van der Waals surface area contributed by atoms with Crippen LogP contribution in [0.15, 0.2) is 11.6 Å². The third-order valence-electron chi connectivity index (χ3n) is 14.6. The second-order valence-electron chi connectivity index (χ2n) is 17.1. The molecule has 6 fully saturated rings. The number of Topliss-reactive ketones (excluding diaryl/α,β-unsaturated/α-hetero) is 1. The van der Waals surface area contributed by atoms with Crippen LogP contribution in [0, 0.1) is 46.3 Å². The van der Waals surface area contributed by atoms with Crippen molar-refractivity contribution in [2.45, 2.75) is 129 Å². The summed E-state index contributed by atoms with van der Waals surface area (Å²) < 4.78 is 12.5. The molecule has 7 nitrogen and oxygen atoms in total. The van der Waals surface area contributed by atoms with Gasteiger partial charge in [-0.15, -0.1) is 0 Å². The molecule has 1 amide bonds. The van der Waals surface area contributed by atoms with Crippen molar-refractivity contribution in [3.8, 4) is 0 Å². The third kappa shape index (κ3) is 5.88. The Labute approximate surface area is 272 Å². The van der Waals surface area contributed by atoms with Gasteiger partial charge in [0.2, 0.25) is 5.91 Å². The largest absolute Gasteiger partial charge is 0.379 e. The Morgan fingerprint density at radius 2 is 1.87 bits per heavy atom. The van der Waals surface area contributed by atoms with Gasteiger partial charge >= 0.3 is 0 Å². The first kappa shape index (κ1) is 32.3. The minimum absolute atomic E-state index is 0.0357. The summed E-state index contributed by atoms with van der Waals surface area (Å²) in [7, 11) is 0. The summed E-state index contributed by atoms with van der Waals surface area (Å²) in [5.74, 6) is 4.25. The predicted octanol–water partition coefficient (Wildman–Crippen LogP) is 5.87. The van der Waals surface area contributed by atoms with Crippen molar-refractivity contribution < 1.29 is 19.1 Å². The zero-order valence-corrected chi connectivity index (χ0v) is 28.7. The number of ether oxygens (including phenoxy) is 2. The van der Waals surface area contributed by atoms with E-state index in [4.69, 9.17) is 9.47 Å². The first-order chi connectivity index (χ1) is 21.6. The number of ketones is 1. The maximum Gasteiger partial charge on any atom is 0.227 e. The lowest BCUT2D eigenvalue weighted by atomic mass is 9.46. The molecule has 3 heterocycles. The average Bonchev–Trinajstić information content (AvgIpc) is 3.47. The third-order valence-corrected chi connectivity index (χ3v) is 14.6. The average molecular weight is 624 g/mol. The van der Waals surface area contributed by atoms with E-state index in [0.29, 0.717) is 29.8 Å². The summed E-state index contributed by atoms with van der Waals surface area (Å²) in [5, 5.41) is 7.17. The number of piperidine rings is 1. The maximum absolute atomic E-state index is 12.9. The van der Waals surface area contributed by atoms with Gasteiger partial charge in [0, 0.05) is 38.0 Å². The Hall–Kier alpha value is -1.28. The molecule has 7 rings (SSSR count). The van der Waals surface area contributed by atoms with Crippen LogP contribution in [-0.2, 0) is 19.1 Å². The number of amides is 1. The summed E-state index contributed by atoms with van der Waals surface area (Å²) in [6.07, 6.45) is 16.1. The number of hydrogen-bond donors (Lipinski definition) is 2. The van der Waals surface area contributed by atoms with E-state index in [2.05, 4.69) is 49.3 Å². The molecule has 0 unspecified atom stereocenters. The minimum atomic E-state index is -0.0885. The highest BCUT2D eigenvalue weighted by Gasteiger charge is 2.68. The van der Waals surface area contributed by atoms with E-state index < -0.39 is 0 Å². The number of rotatable bonds is 8. The van der Waals surface area contributed by atoms with E-state index in [-0.39, 0.29) is 35.3 Å². The topological polar surface area (TPSA) is 79.9 Å². The minimum Gasteiger partial charge on any atom is -0.379 e. The van der Waals surface area contributed by atoms with Crippen molar-refractivity contribution in [2.75, 3.05) is 39.4 Å². The standard InChI is InChI=1S/C38H61N3O4/c1-25-10-15-38(39-24-25)26(2)35-33(45-38)23-32-30-9-8-27-21-28(11-13-36(27,3)31(30)12-14-37(32,35)4)40-34(43)22-29(42)7-5-6-16-41-17-19-44-20-18-41/h8,25-26,28,30-33,35,39H,5-7,9-24H2,1-4H3,(H,40,43)/t25-,26+,28-,30-,31+,32+,33+,35+,36+,37+,38-/m1/s1. The molecule has 0 bridgehead atoms. The molecule has 0 aromatic rings. The van der Waals surface area contributed by atoms with Crippen LogP contribution in [0.3, 0.4) is 0 Å². The molecule has 252 valence electrons. The Kier molecular flexibility index (Phi) is 9.06. The Morgan fingerprint density at radius 1 is 1.04 bits per heavy atom. The molecule has 11 atom stereocenters. The first-order valence-electron chi connectivity index (χ1n) is 18.8. The number of fused-ring (bicyclic) bond motifs is 7. The van der Waals surface area contributed by atoms with Gasteiger partial charge in [0.25, 0.3) is 0 Å². The number of nitrogens with one attached hydrogen (secondary N) is 2. The molecule has 1 spiro atoms. The number of nitrogens with zero attached hydrogens (tertiary/aromatic N) is 1. The van der Waals surface area contributed by atoms with Crippen molar-refractivity contribution in [1.82, 2.24) is 15.5 Å². The zero-order valence-electron chi connectivity index (χ0n) is 28.7. The van der Waals surface area contributed by atoms with Gasteiger partial charge in [0.15, 0.2) is 0 Å². The van der Waals surface area contributed by atoms with Crippen LogP contribution in [0.2, 0.25) is 0 Å². The summed E-state index contributed by atoms with van der Waals surface area (Å²) in [5.41, 5.74) is 2.12. The fourth-order valence-corrected chi connectivity index (χ4v) is 12.0. The summed E-state index contributed by atoms with van der Waals surface area (Å²) in [4.78, 5) is 27.9. The molecule has 45 heavy (non-hydrogen) atoms. The van der Waals surface area contributed by atoms with E-state index in [1.165, 1.54) is 38.5 Å². The highest BCUT2D eigenvalue weighted by molar-refractivity contribution is 5.98. The zero-order chi connectivity index (χ0) is 31.4. The van der Waals surface area contributed by atoms with Gasteiger partial charge in [-0.25, -0.2) is 0 Å². The number of morpholine rings is 1. The lowest BCUT2D eigenvalue weighted by Gasteiger charge is -2.58. The van der Waals surface area contributed by atoms with E-state index >= 15 is 0 Å². The van der Waals surface area contributed by atoms with Crippen LogP contribution in [0.4, 0.5) is 0 Å². The molecule has 3 saturated carbocycles. The normalized spacial score (nSPS) is 46.1. The Bertz CT molecular complexity index is 1140. The van der Waals surface area contributed by atoms with Crippen molar-refractivity contribution >= 4 is 11.7 Å². The molecular formula is C38H61N3O4. The molecule has 0 aromatic carbocycles. The van der Waals surface area contributed by atoms with Gasteiger partial charge in [0.1, 0.15) is 11.5 Å². The number of carbonyl (C=O) groups excluding carboxylic acids is 2. The predicted molar refractivity (Wildman–Crippen MR) is 176 cm³/mol. The molecule has 0 radical (unpaired) electrons. The van der Waals surface area contributed by atoms with Gasteiger partial charge in [-0.3, -0.25) is 19.8 Å². The van der Waals surface area contributed by atoms with Crippen LogP contribution in [0.5, 0.6) is 0 Å². The molecule has 4 aliphatic carbocycles. The van der Waals surface area contributed by atoms with Crippen LogP contribution < -0.4 is 10.6 Å². The quantitative estimate of drug-likeness (QED) is 0.200. The fourth-order valence-electron chi connectivity index (χ4n) is 12.0. The number of unbranched alkanes of at least 4 members (excludes halogenated alkanes) is 1. The summed E-state index contributed by atoms with van der Waals surface area (Å²) in [6.45, 7) is 15.8.